The minimum atomic E-state index is -1.04. The van der Waals surface area contributed by atoms with Crippen LogP contribution in [-0.2, 0) is 14.3 Å². The van der Waals surface area contributed by atoms with Crippen LogP contribution in [0.1, 0.15) is 56.6 Å². The van der Waals surface area contributed by atoms with Crippen molar-refractivity contribution in [2.75, 3.05) is 13.2 Å². The number of carboxylic acids is 1. The molecule has 7 nitrogen and oxygen atoms in total. The first kappa shape index (κ1) is 24.8. The summed E-state index contributed by atoms with van der Waals surface area (Å²) < 4.78 is 5.60. The highest BCUT2D eigenvalue weighted by atomic mass is 16.5. The van der Waals surface area contributed by atoms with Gasteiger partial charge >= 0.3 is 12.1 Å². The van der Waals surface area contributed by atoms with Crippen molar-refractivity contribution in [2.45, 2.75) is 51.5 Å². The summed E-state index contributed by atoms with van der Waals surface area (Å²) in [7, 11) is 0. The van der Waals surface area contributed by atoms with Crippen molar-refractivity contribution in [3.05, 3.63) is 59.7 Å². The van der Waals surface area contributed by atoms with Crippen molar-refractivity contribution in [3.63, 3.8) is 0 Å². The van der Waals surface area contributed by atoms with Gasteiger partial charge in [0, 0.05) is 12.5 Å². The minimum absolute atomic E-state index is 0.0359. The van der Waals surface area contributed by atoms with E-state index in [0.29, 0.717) is 6.42 Å². The van der Waals surface area contributed by atoms with Gasteiger partial charge in [-0.15, -0.1) is 0 Å². The summed E-state index contributed by atoms with van der Waals surface area (Å²) in [4.78, 5) is 37.2. The van der Waals surface area contributed by atoms with Crippen molar-refractivity contribution in [3.8, 4) is 11.1 Å². The molecule has 2 amide bonds. The standard InChI is InChI=1S/C28H34N2O5/c1-17(2)14-25(27(32)33)30-26(31)23(18-8-7-9-18)15-29-28(34)35-16-24-21-12-5-3-10-19(21)20-11-4-6-13-22(20)24/h3-6,10-13,17-18,23-25H,7-9,14-16H2,1-2H3,(H,29,34)(H,30,31)(H,32,33). The van der Waals surface area contributed by atoms with Crippen LogP contribution in [0.4, 0.5) is 4.79 Å². The monoisotopic (exact) mass is 478 g/mol. The SMILES string of the molecule is CC(C)CC(NC(=O)C(CNC(=O)OCC1c2ccccc2-c2ccccc21)C1CCC1)C(=O)O. The number of hydrogen-bond donors (Lipinski definition) is 3. The smallest absolute Gasteiger partial charge is 0.407 e. The molecule has 0 heterocycles. The fourth-order valence-electron chi connectivity index (χ4n) is 5.13. The van der Waals surface area contributed by atoms with Crippen LogP contribution < -0.4 is 10.6 Å². The lowest BCUT2D eigenvalue weighted by molar-refractivity contribution is -0.143. The number of fused-ring (bicyclic) bond motifs is 3. The van der Waals surface area contributed by atoms with Crippen LogP contribution in [0.15, 0.2) is 48.5 Å². The molecule has 2 unspecified atom stereocenters. The molecule has 2 atom stereocenters. The predicted octanol–water partition coefficient (Wildman–Crippen LogP) is 4.56. The van der Waals surface area contributed by atoms with Gasteiger partial charge < -0.3 is 20.5 Å². The van der Waals surface area contributed by atoms with Gasteiger partial charge in [0.2, 0.25) is 5.91 Å². The molecule has 2 aromatic rings. The molecule has 0 saturated heterocycles. The van der Waals surface area contributed by atoms with Crippen LogP contribution in [0, 0.1) is 17.8 Å². The predicted molar refractivity (Wildman–Crippen MR) is 133 cm³/mol. The maximum atomic E-state index is 13.0. The largest absolute Gasteiger partial charge is 0.480 e. The minimum Gasteiger partial charge on any atom is -0.480 e. The lowest BCUT2D eigenvalue weighted by Crippen LogP contribution is -2.49. The van der Waals surface area contributed by atoms with Crippen molar-refractivity contribution in [2.24, 2.45) is 17.8 Å². The number of aliphatic carboxylic acids is 1. The number of carbonyl (C=O) groups is 3. The van der Waals surface area contributed by atoms with Gasteiger partial charge in [-0.05, 0) is 53.4 Å². The molecule has 0 radical (unpaired) electrons. The highest BCUT2D eigenvalue weighted by Gasteiger charge is 2.35. The number of ether oxygens (including phenoxy) is 1. The van der Waals surface area contributed by atoms with Gasteiger partial charge in [-0.1, -0.05) is 68.8 Å². The van der Waals surface area contributed by atoms with E-state index in [4.69, 9.17) is 4.74 Å². The Morgan fingerprint density at radius 2 is 1.60 bits per heavy atom. The maximum Gasteiger partial charge on any atom is 0.407 e. The Bertz CT molecular complexity index is 1030. The second-order valence-electron chi connectivity index (χ2n) is 10.0. The number of amides is 2. The summed E-state index contributed by atoms with van der Waals surface area (Å²) in [6, 6.07) is 15.4. The van der Waals surface area contributed by atoms with Crippen LogP contribution in [0.5, 0.6) is 0 Å². The van der Waals surface area contributed by atoms with Crippen molar-refractivity contribution in [1.82, 2.24) is 10.6 Å². The zero-order valence-corrected chi connectivity index (χ0v) is 20.3. The van der Waals surface area contributed by atoms with Crippen molar-refractivity contribution in [1.29, 1.82) is 0 Å². The Morgan fingerprint density at radius 3 is 2.11 bits per heavy atom. The van der Waals surface area contributed by atoms with E-state index in [-0.39, 0.29) is 36.8 Å². The Morgan fingerprint density at radius 1 is 1.00 bits per heavy atom. The van der Waals surface area contributed by atoms with E-state index in [1.165, 1.54) is 0 Å². The molecule has 0 aliphatic heterocycles. The zero-order valence-electron chi connectivity index (χ0n) is 20.3. The molecule has 186 valence electrons. The van der Waals surface area contributed by atoms with Crippen LogP contribution in [-0.4, -0.2) is 42.3 Å². The second-order valence-corrected chi connectivity index (χ2v) is 10.0. The van der Waals surface area contributed by atoms with Crippen LogP contribution in [0.3, 0.4) is 0 Å². The quantitative estimate of drug-likeness (QED) is 0.464. The molecule has 1 fully saturated rings. The topological polar surface area (TPSA) is 105 Å². The van der Waals surface area contributed by atoms with E-state index in [9.17, 15) is 19.5 Å². The number of hydrogen-bond acceptors (Lipinski definition) is 4. The van der Waals surface area contributed by atoms with Crippen LogP contribution in [0.2, 0.25) is 0 Å². The Labute approximate surface area is 206 Å². The lowest BCUT2D eigenvalue weighted by atomic mass is 9.75. The number of nitrogens with one attached hydrogen (secondary N) is 2. The van der Waals surface area contributed by atoms with E-state index in [0.717, 1.165) is 41.5 Å². The van der Waals surface area contributed by atoms with Crippen LogP contribution >= 0.6 is 0 Å². The summed E-state index contributed by atoms with van der Waals surface area (Å²) in [6.07, 6.45) is 2.62. The maximum absolute atomic E-state index is 13.0. The highest BCUT2D eigenvalue weighted by Crippen LogP contribution is 2.44. The van der Waals surface area contributed by atoms with Gasteiger partial charge in [-0.3, -0.25) is 4.79 Å². The third-order valence-electron chi connectivity index (χ3n) is 7.19. The highest BCUT2D eigenvalue weighted by molar-refractivity contribution is 5.85. The third kappa shape index (κ3) is 5.66. The fourth-order valence-corrected chi connectivity index (χ4v) is 5.13. The van der Waals surface area contributed by atoms with Crippen molar-refractivity contribution >= 4 is 18.0 Å². The van der Waals surface area contributed by atoms with Gasteiger partial charge in [0.25, 0.3) is 0 Å². The molecular formula is C28H34N2O5. The Hall–Kier alpha value is -3.35. The van der Waals surface area contributed by atoms with E-state index in [1.807, 2.05) is 38.1 Å². The summed E-state index contributed by atoms with van der Waals surface area (Å²) in [5.41, 5.74) is 4.59. The number of benzene rings is 2. The van der Waals surface area contributed by atoms with Crippen molar-refractivity contribution < 1.29 is 24.2 Å². The molecule has 4 rings (SSSR count). The molecule has 2 aliphatic rings. The van der Waals surface area contributed by atoms with E-state index in [1.54, 1.807) is 0 Å². The van der Waals surface area contributed by atoms with E-state index in [2.05, 4.69) is 34.9 Å². The van der Waals surface area contributed by atoms with Gasteiger partial charge in [-0.25, -0.2) is 9.59 Å². The van der Waals surface area contributed by atoms with Gasteiger partial charge in [0.1, 0.15) is 12.6 Å². The number of alkyl carbamates (subject to hydrolysis) is 1. The molecule has 35 heavy (non-hydrogen) atoms. The molecule has 0 spiro atoms. The average Bonchev–Trinajstić information content (AvgIpc) is 3.12. The number of rotatable bonds is 10. The summed E-state index contributed by atoms with van der Waals surface area (Å²) in [6.45, 7) is 4.17. The molecular weight excluding hydrogens is 444 g/mol. The average molecular weight is 479 g/mol. The zero-order chi connectivity index (χ0) is 24.9. The molecule has 2 aliphatic carbocycles. The summed E-state index contributed by atoms with van der Waals surface area (Å²) in [5, 5.41) is 14.9. The normalized spacial score (nSPS) is 16.5. The molecule has 2 aromatic carbocycles. The number of carbonyl (C=O) groups excluding carboxylic acids is 2. The summed E-state index contributed by atoms with van der Waals surface area (Å²) >= 11 is 0. The molecule has 1 saturated carbocycles. The molecule has 0 bridgehead atoms. The molecule has 7 heteroatoms. The third-order valence-corrected chi connectivity index (χ3v) is 7.19. The fraction of sp³-hybridized carbons (Fsp3) is 0.464. The van der Waals surface area contributed by atoms with Gasteiger partial charge in [-0.2, -0.15) is 0 Å². The van der Waals surface area contributed by atoms with E-state index >= 15 is 0 Å². The Kier molecular flexibility index (Phi) is 7.73. The first-order valence-electron chi connectivity index (χ1n) is 12.5. The lowest BCUT2D eigenvalue weighted by Gasteiger charge is -2.33. The first-order valence-corrected chi connectivity index (χ1v) is 12.5. The van der Waals surface area contributed by atoms with Gasteiger partial charge in [0.05, 0.1) is 5.92 Å². The molecule has 3 N–H and O–H groups in total. The van der Waals surface area contributed by atoms with Gasteiger partial charge in [0.15, 0.2) is 0 Å². The Balaban J connectivity index is 1.35. The number of carboxylic acid groups (broad SMARTS) is 1. The molecule has 0 aromatic heterocycles. The summed E-state index contributed by atoms with van der Waals surface area (Å²) in [5.74, 6) is -1.59. The van der Waals surface area contributed by atoms with E-state index < -0.39 is 24.0 Å². The second kappa shape index (κ2) is 10.9. The van der Waals surface area contributed by atoms with Crippen LogP contribution in [0.25, 0.3) is 11.1 Å². The first-order chi connectivity index (χ1) is 16.8.